The van der Waals surface area contributed by atoms with Crippen LogP contribution in [0, 0.1) is 10.1 Å². The Hall–Kier alpha value is -3.75. The van der Waals surface area contributed by atoms with E-state index in [0.717, 1.165) is 0 Å². The summed E-state index contributed by atoms with van der Waals surface area (Å²) in [7, 11) is 0. The molecule has 0 saturated heterocycles. The Kier molecular flexibility index (Phi) is 6.59. The second-order valence-electron chi connectivity index (χ2n) is 5.23. The van der Waals surface area contributed by atoms with E-state index >= 15 is 0 Å². The molecular formula is C18H16N2O7. The number of benzene rings is 2. The van der Waals surface area contributed by atoms with Crippen LogP contribution in [0.3, 0.4) is 0 Å². The number of hydrogen-bond donors (Lipinski definition) is 1. The summed E-state index contributed by atoms with van der Waals surface area (Å²) >= 11 is 0. The van der Waals surface area contributed by atoms with Gasteiger partial charge in [-0.25, -0.2) is 9.59 Å². The van der Waals surface area contributed by atoms with E-state index in [1.165, 1.54) is 48.5 Å². The largest absolute Gasteiger partial charge is 0.462 e. The molecule has 0 aliphatic rings. The van der Waals surface area contributed by atoms with Gasteiger partial charge in [0.1, 0.15) is 0 Å². The Labute approximate surface area is 154 Å². The standard InChI is InChI=1S/C18H16N2O7/c1-2-26-17(22)12-3-7-14(8-4-12)19-16(21)11-27-18(23)13-5-9-15(10-6-13)20(24)25/h3-10H,2,11H2,1H3,(H,19,21). The zero-order chi connectivity index (χ0) is 19.8. The SMILES string of the molecule is CCOC(=O)c1ccc(NC(=O)COC(=O)c2ccc([N+](=O)[O-])cc2)cc1. The van der Waals surface area contributed by atoms with E-state index in [2.05, 4.69) is 5.32 Å². The smallest absolute Gasteiger partial charge is 0.338 e. The predicted molar refractivity (Wildman–Crippen MR) is 94.4 cm³/mol. The summed E-state index contributed by atoms with van der Waals surface area (Å²) in [6, 6.07) is 10.8. The minimum Gasteiger partial charge on any atom is -0.462 e. The first-order valence-electron chi connectivity index (χ1n) is 7.89. The van der Waals surface area contributed by atoms with Crippen LogP contribution in [0.5, 0.6) is 0 Å². The lowest BCUT2D eigenvalue weighted by Gasteiger charge is -2.07. The van der Waals surface area contributed by atoms with E-state index in [-0.39, 0.29) is 17.9 Å². The number of carbonyl (C=O) groups excluding carboxylic acids is 3. The average Bonchev–Trinajstić information content (AvgIpc) is 2.67. The maximum Gasteiger partial charge on any atom is 0.338 e. The fraction of sp³-hybridized carbons (Fsp3) is 0.167. The Bertz CT molecular complexity index is 845. The lowest BCUT2D eigenvalue weighted by Crippen LogP contribution is -2.21. The van der Waals surface area contributed by atoms with Crippen molar-refractivity contribution in [2.45, 2.75) is 6.92 Å². The molecule has 0 bridgehead atoms. The highest BCUT2D eigenvalue weighted by atomic mass is 16.6. The van der Waals surface area contributed by atoms with Crippen LogP contribution in [0.25, 0.3) is 0 Å². The molecule has 0 unspecified atom stereocenters. The van der Waals surface area contributed by atoms with E-state index in [0.29, 0.717) is 11.3 Å². The van der Waals surface area contributed by atoms with Crippen molar-refractivity contribution in [1.82, 2.24) is 0 Å². The quantitative estimate of drug-likeness (QED) is 0.450. The van der Waals surface area contributed by atoms with Crippen LogP contribution in [0.1, 0.15) is 27.6 Å². The normalized spacial score (nSPS) is 9.96. The second kappa shape index (κ2) is 9.09. The summed E-state index contributed by atoms with van der Waals surface area (Å²) in [5, 5.41) is 13.1. The molecule has 140 valence electrons. The van der Waals surface area contributed by atoms with Gasteiger partial charge in [-0.3, -0.25) is 14.9 Å². The number of non-ortho nitro benzene ring substituents is 1. The van der Waals surface area contributed by atoms with Gasteiger partial charge in [0, 0.05) is 17.8 Å². The second-order valence-corrected chi connectivity index (χ2v) is 5.23. The first kappa shape index (κ1) is 19.6. The Morgan fingerprint density at radius 1 is 0.926 bits per heavy atom. The van der Waals surface area contributed by atoms with E-state index < -0.39 is 29.4 Å². The van der Waals surface area contributed by atoms with Gasteiger partial charge in [-0.2, -0.15) is 0 Å². The number of rotatable bonds is 7. The van der Waals surface area contributed by atoms with Gasteiger partial charge in [-0.05, 0) is 43.3 Å². The van der Waals surface area contributed by atoms with Gasteiger partial charge >= 0.3 is 11.9 Å². The predicted octanol–water partition coefficient (Wildman–Crippen LogP) is 2.57. The van der Waals surface area contributed by atoms with Crippen LogP contribution >= 0.6 is 0 Å². The Morgan fingerprint density at radius 2 is 1.44 bits per heavy atom. The molecule has 0 aromatic heterocycles. The molecule has 0 heterocycles. The van der Waals surface area contributed by atoms with Crippen molar-refractivity contribution in [2.75, 3.05) is 18.5 Å². The molecule has 2 aromatic carbocycles. The first-order chi connectivity index (χ1) is 12.9. The fourth-order valence-electron chi connectivity index (χ4n) is 2.03. The van der Waals surface area contributed by atoms with Crippen LogP contribution in [0.15, 0.2) is 48.5 Å². The van der Waals surface area contributed by atoms with Crippen molar-refractivity contribution in [3.05, 3.63) is 69.8 Å². The highest BCUT2D eigenvalue weighted by Gasteiger charge is 2.13. The van der Waals surface area contributed by atoms with Crippen molar-refractivity contribution in [2.24, 2.45) is 0 Å². The molecular weight excluding hydrogens is 356 g/mol. The zero-order valence-corrected chi connectivity index (χ0v) is 14.3. The van der Waals surface area contributed by atoms with Gasteiger partial charge in [0.15, 0.2) is 6.61 Å². The van der Waals surface area contributed by atoms with Crippen LogP contribution in [0.2, 0.25) is 0 Å². The molecule has 1 amide bonds. The fourth-order valence-corrected chi connectivity index (χ4v) is 2.03. The Balaban J connectivity index is 1.85. The molecule has 0 radical (unpaired) electrons. The molecule has 2 aromatic rings. The summed E-state index contributed by atoms with van der Waals surface area (Å²) in [4.78, 5) is 45.2. The number of hydrogen-bond acceptors (Lipinski definition) is 7. The molecule has 9 heteroatoms. The van der Waals surface area contributed by atoms with Gasteiger partial charge < -0.3 is 14.8 Å². The molecule has 0 fully saturated rings. The van der Waals surface area contributed by atoms with E-state index in [4.69, 9.17) is 9.47 Å². The lowest BCUT2D eigenvalue weighted by atomic mass is 10.2. The van der Waals surface area contributed by atoms with E-state index in [1.807, 2.05) is 0 Å². The number of esters is 2. The van der Waals surface area contributed by atoms with Crippen LogP contribution in [-0.4, -0.2) is 36.0 Å². The monoisotopic (exact) mass is 372 g/mol. The maximum atomic E-state index is 11.8. The summed E-state index contributed by atoms with van der Waals surface area (Å²) in [6.45, 7) is 1.43. The zero-order valence-electron chi connectivity index (χ0n) is 14.3. The number of anilines is 1. The number of nitrogens with one attached hydrogen (secondary N) is 1. The summed E-state index contributed by atoms with van der Waals surface area (Å²) in [5.74, 6) is -1.82. The van der Waals surface area contributed by atoms with Crippen molar-refractivity contribution >= 4 is 29.2 Å². The molecule has 0 atom stereocenters. The van der Waals surface area contributed by atoms with Crippen molar-refractivity contribution in [3.8, 4) is 0 Å². The van der Waals surface area contributed by atoms with Gasteiger partial charge in [0.25, 0.3) is 11.6 Å². The number of nitro groups is 1. The maximum absolute atomic E-state index is 11.8. The number of nitrogens with zero attached hydrogens (tertiary/aromatic N) is 1. The molecule has 0 saturated carbocycles. The number of ether oxygens (including phenoxy) is 2. The molecule has 9 nitrogen and oxygen atoms in total. The highest BCUT2D eigenvalue weighted by molar-refractivity contribution is 5.96. The number of carbonyl (C=O) groups is 3. The van der Waals surface area contributed by atoms with Crippen molar-refractivity contribution in [3.63, 3.8) is 0 Å². The Morgan fingerprint density at radius 3 is 1.96 bits per heavy atom. The van der Waals surface area contributed by atoms with Crippen LogP contribution in [-0.2, 0) is 14.3 Å². The van der Waals surface area contributed by atoms with E-state index in [1.54, 1.807) is 6.92 Å². The minimum absolute atomic E-state index is 0.0900. The minimum atomic E-state index is -0.780. The molecule has 2 rings (SSSR count). The number of amides is 1. The van der Waals surface area contributed by atoms with Crippen molar-refractivity contribution < 1.29 is 28.8 Å². The summed E-state index contributed by atoms with van der Waals surface area (Å²) < 4.78 is 9.72. The number of nitro benzene ring substituents is 1. The topological polar surface area (TPSA) is 125 Å². The summed E-state index contributed by atoms with van der Waals surface area (Å²) in [5.41, 5.74) is 0.696. The molecule has 0 spiro atoms. The van der Waals surface area contributed by atoms with Gasteiger partial charge in [-0.15, -0.1) is 0 Å². The van der Waals surface area contributed by atoms with Gasteiger partial charge in [0.2, 0.25) is 0 Å². The highest BCUT2D eigenvalue weighted by Crippen LogP contribution is 2.13. The summed E-state index contributed by atoms with van der Waals surface area (Å²) in [6.07, 6.45) is 0. The molecule has 1 N–H and O–H groups in total. The van der Waals surface area contributed by atoms with E-state index in [9.17, 15) is 24.5 Å². The van der Waals surface area contributed by atoms with Gasteiger partial charge in [-0.1, -0.05) is 0 Å². The molecule has 0 aliphatic heterocycles. The van der Waals surface area contributed by atoms with Crippen LogP contribution in [0.4, 0.5) is 11.4 Å². The van der Waals surface area contributed by atoms with Gasteiger partial charge in [0.05, 0.1) is 22.7 Å². The first-order valence-corrected chi connectivity index (χ1v) is 7.89. The van der Waals surface area contributed by atoms with Crippen LogP contribution < -0.4 is 5.32 Å². The third-order valence-electron chi connectivity index (χ3n) is 3.33. The molecule has 0 aliphatic carbocycles. The van der Waals surface area contributed by atoms with Crippen molar-refractivity contribution in [1.29, 1.82) is 0 Å². The third-order valence-corrected chi connectivity index (χ3v) is 3.33. The molecule has 27 heavy (non-hydrogen) atoms. The lowest BCUT2D eigenvalue weighted by molar-refractivity contribution is -0.384. The average molecular weight is 372 g/mol. The third kappa shape index (κ3) is 5.63.